The summed E-state index contributed by atoms with van der Waals surface area (Å²) >= 11 is 0. The smallest absolute Gasteiger partial charge is 0.159 e. The van der Waals surface area contributed by atoms with Gasteiger partial charge in [0, 0.05) is 11.8 Å². The van der Waals surface area contributed by atoms with Gasteiger partial charge in [-0.15, -0.1) is 0 Å². The van der Waals surface area contributed by atoms with E-state index in [0.29, 0.717) is 6.42 Å². The maximum atomic E-state index is 11.7. The fraction of sp³-hybridized carbons (Fsp3) is 0.750. The maximum Gasteiger partial charge on any atom is 0.159 e. The topological polar surface area (TPSA) is 37.3 Å². The molecular formula is C12H16O2. The van der Waals surface area contributed by atoms with Crippen LogP contribution in [0.2, 0.25) is 0 Å². The molecule has 3 rings (SSSR count). The molecule has 0 aromatic rings. The highest BCUT2D eigenvalue weighted by molar-refractivity contribution is 6.00. The van der Waals surface area contributed by atoms with Gasteiger partial charge in [-0.25, -0.2) is 0 Å². The molecule has 3 aliphatic carbocycles. The second-order valence-corrected chi connectivity index (χ2v) is 5.36. The van der Waals surface area contributed by atoms with Crippen LogP contribution in [0.1, 0.15) is 38.5 Å². The lowest BCUT2D eigenvalue weighted by atomic mass is 9.69. The van der Waals surface area contributed by atoms with Gasteiger partial charge >= 0.3 is 0 Å². The Labute approximate surface area is 84.0 Å². The Kier molecular flexibility index (Phi) is 1.42. The molecular weight excluding hydrogens is 176 g/mol. The van der Waals surface area contributed by atoms with E-state index >= 15 is 0 Å². The number of Topliss-reactive ketones (excluding diaryl/α,β-unsaturated/α-hetero) is 1. The highest BCUT2D eigenvalue weighted by Crippen LogP contribution is 2.71. The average molecular weight is 192 g/mol. The van der Waals surface area contributed by atoms with E-state index in [9.17, 15) is 9.90 Å². The molecule has 3 atom stereocenters. The Hall–Kier alpha value is -0.630. The molecule has 0 amide bonds. The first-order chi connectivity index (χ1) is 6.60. The number of aliphatic hydroxyl groups is 1. The summed E-state index contributed by atoms with van der Waals surface area (Å²) in [5, 5.41) is 9.78. The third-order valence-electron chi connectivity index (χ3n) is 4.90. The number of hydrogen-bond acceptors (Lipinski definition) is 2. The molecule has 0 saturated heterocycles. The lowest BCUT2D eigenvalue weighted by molar-refractivity contribution is -0.115. The van der Waals surface area contributed by atoms with Gasteiger partial charge in [0.05, 0.1) is 6.10 Å². The number of carbonyl (C=O) groups is 1. The number of aliphatic hydroxyl groups excluding tert-OH is 1. The molecule has 76 valence electrons. The zero-order chi connectivity index (χ0) is 9.97. The summed E-state index contributed by atoms with van der Waals surface area (Å²) in [5.41, 5.74) is 0.941. The molecule has 3 saturated carbocycles. The van der Waals surface area contributed by atoms with Crippen molar-refractivity contribution in [2.24, 2.45) is 10.8 Å². The van der Waals surface area contributed by atoms with Crippen molar-refractivity contribution >= 4 is 5.78 Å². The van der Waals surface area contributed by atoms with Crippen LogP contribution in [-0.2, 0) is 4.79 Å². The molecule has 0 radical (unpaired) electrons. The van der Waals surface area contributed by atoms with Crippen molar-refractivity contribution in [2.75, 3.05) is 0 Å². The largest absolute Gasteiger partial charge is 0.393 e. The number of rotatable bonds is 0. The zero-order valence-electron chi connectivity index (χ0n) is 8.38. The molecule has 0 aliphatic heterocycles. The van der Waals surface area contributed by atoms with Gasteiger partial charge < -0.3 is 5.11 Å². The summed E-state index contributed by atoms with van der Waals surface area (Å²) < 4.78 is 0. The van der Waals surface area contributed by atoms with Crippen LogP contribution in [-0.4, -0.2) is 17.0 Å². The predicted molar refractivity (Wildman–Crippen MR) is 52.7 cm³/mol. The lowest BCUT2D eigenvalue weighted by Crippen LogP contribution is -2.26. The quantitative estimate of drug-likeness (QED) is 0.594. The van der Waals surface area contributed by atoms with Crippen LogP contribution in [0.25, 0.3) is 0 Å². The van der Waals surface area contributed by atoms with E-state index in [1.165, 1.54) is 6.42 Å². The van der Waals surface area contributed by atoms with Crippen LogP contribution in [0, 0.1) is 10.8 Å². The first kappa shape index (κ1) is 8.66. The van der Waals surface area contributed by atoms with Gasteiger partial charge in [-0.3, -0.25) is 4.79 Å². The van der Waals surface area contributed by atoms with Crippen LogP contribution in [0.15, 0.2) is 12.2 Å². The van der Waals surface area contributed by atoms with Crippen molar-refractivity contribution in [3.8, 4) is 0 Å². The van der Waals surface area contributed by atoms with Gasteiger partial charge in [0.15, 0.2) is 5.78 Å². The molecule has 0 aromatic carbocycles. The van der Waals surface area contributed by atoms with Crippen LogP contribution in [0.4, 0.5) is 0 Å². The van der Waals surface area contributed by atoms with Gasteiger partial charge in [-0.05, 0) is 36.7 Å². The number of ketones is 1. The minimum atomic E-state index is -0.194. The fourth-order valence-corrected chi connectivity index (χ4v) is 4.38. The first-order valence-electron chi connectivity index (χ1n) is 5.50. The average Bonchev–Trinajstić information content (AvgIpc) is 2.59. The summed E-state index contributed by atoms with van der Waals surface area (Å²) in [6.45, 7) is 3.98. The van der Waals surface area contributed by atoms with Crippen LogP contribution in [0.5, 0.6) is 0 Å². The van der Waals surface area contributed by atoms with Crippen LogP contribution < -0.4 is 0 Å². The maximum absolute atomic E-state index is 11.7. The van der Waals surface area contributed by atoms with Crippen LogP contribution >= 0.6 is 0 Å². The SMILES string of the molecule is C=C1C(=O)C[C@]23CCC[C@]12C[C@@H](O)C3. The molecule has 0 aromatic heterocycles. The summed E-state index contributed by atoms with van der Waals surface area (Å²) in [5.74, 6) is 0.261. The van der Waals surface area contributed by atoms with Gasteiger partial charge in [-0.2, -0.15) is 0 Å². The lowest BCUT2D eigenvalue weighted by Gasteiger charge is -2.33. The molecule has 2 nitrogen and oxygen atoms in total. The number of hydrogen-bond donors (Lipinski definition) is 1. The Balaban J connectivity index is 2.13. The zero-order valence-corrected chi connectivity index (χ0v) is 8.38. The monoisotopic (exact) mass is 192 g/mol. The van der Waals surface area contributed by atoms with Crippen molar-refractivity contribution in [3.63, 3.8) is 0 Å². The minimum Gasteiger partial charge on any atom is -0.393 e. The van der Waals surface area contributed by atoms with E-state index in [2.05, 4.69) is 6.58 Å². The van der Waals surface area contributed by atoms with Crippen molar-refractivity contribution < 1.29 is 9.90 Å². The fourth-order valence-electron chi connectivity index (χ4n) is 4.38. The summed E-state index contributed by atoms with van der Waals surface area (Å²) in [6.07, 6.45) is 5.49. The predicted octanol–water partition coefficient (Wildman–Crippen LogP) is 1.83. The van der Waals surface area contributed by atoms with Gasteiger partial charge in [-0.1, -0.05) is 13.0 Å². The van der Waals surface area contributed by atoms with E-state index in [0.717, 1.165) is 31.3 Å². The van der Waals surface area contributed by atoms with Crippen molar-refractivity contribution in [1.82, 2.24) is 0 Å². The van der Waals surface area contributed by atoms with E-state index in [-0.39, 0.29) is 22.7 Å². The molecule has 0 spiro atoms. The summed E-state index contributed by atoms with van der Waals surface area (Å²) in [7, 11) is 0. The number of carbonyl (C=O) groups excluding carboxylic acids is 1. The van der Waals surface area contributed by atoms with E-state index < -0.39 is 0 Å². The third-order valence-corrected chi connectivity index (χ3v) is 4.90. The Morgan fingerprint density at radius 2 is 2.14 bits per heavy atom. The summed E-state index contributed by atoms with van der Waals surface area (Å²) in [6, 6.07) is 0. The van der Waals surface area contributed by atoms with Gasteiger partial charge in [0.1, 0.15) is 0 Å². The Morgan fingerprint density at radius 3 is 2.86 bits per heavy atom. The molecule has 3 aliphatic rings. The van der Waals surface area contributed by atoms with Crippen molar-refractivity contribution in [3.05, 3.63) is 12.2 Å². The highest BCUT2D eigenvalue weighted by Gasteiger charge is 2.66. The van der Waals surface area contributed by atoms with Gasteiger partial charge in [0.2, 0.25) is 0 Å². The number of allylic oxidation sites excluding steroid dienone is 1. The summed E-state index contributed by atoms with van der Waals surface area (Å²) in [4.78, 5) is 11.7. The second-order valence-electron chi connectivity index (χ2n) is 5.36. The van der Waals surface area contributed by atoms with Crippen molar-refractivity contribution in [1.29, 1.82) is 0 Å². The molecule has 3 fully saturated rings. The van der Waals surface area contributed by atoms with Gasteiger partial charge in [0.25, 0.3) is 0 Å². The van der Waals surface area contributed by atoms with Crippen molar-refractivity contribution in [2.45, 2.75) is 44.6 Å². The first-order valence-corrected chi connectivity index (χ1v) is 5.50. The van der Waals surface area contributed by atoms with Crippen LogP contribution in [0.3, 0.4) is 0 Å². The molecule has 14 heavy (non-hydrogen) atoms. The third kappa shape index (κ3) is 0.714. The van der Waals surface area contributed by atoms with E-state index in [1.54, 1.807) is 0 Å². The second kappa shape index (κ2) is 2.30. The Morgan fingerprint density at radius 1 is 1.36 bits per heavy atom. The molecule has 0 unspecified atom stereocenters. The Bertz CT molecular complexity index is 333. The van der Waals surface area contributed by atoms with E-state index in [1.807, 2.05) is 0 Å². The molecule has 1 N–H and O–H groups in total. The molecule has 2 heteroatoms. The normalized spacial score (nSPS) is 51.1. The minimum absolute atomic E-state index is 0.00347. The van der Waals surface area contributed by atoms with E-state index in [4.69, 9.17) is 0 Å². The molecule has 0 heterocycles. The standard InChI is InChI=1S/C12H16O2/c1-8-10(14)7-11-3-2-4-12(8,11)6-9(13)5-11/h9,13H,1-7H2/t9-,11+,12-/m0/s1. The molecule has 0 bridgehead atoms. The highest BCUT2D eigenvalue weighted by atomic mass is 16.3.